The van der Waals surface area contributed by atoms with Crippen LogP contribution in [0.4, 0.5) is 0 Å². The van der Waals surface area contributed by atoms with Crippen LogP contribution in [-0.4, -0.2) is 24.3 Å². The predicted octanol–water partition coefficient (Wildman–Crippen LogP) is 2.45. The first-order chi connectivity index (χ1) is 7.38. The zero-order valence-electron chi connectivity index (χ0n) is 10.5. The zero-order chi connectivity index (χ0) is 12.0. The minimum Gasteiger partial charge on any atom is -0.464 e. The Bertz CT molecular complexity index is 343. The Morgan fingerprint density at radius 1 is 1.62 bits per heavy atom. The van der Waals surface area contributed by atoms with Crippen LogP contribution in [0.3, 0.4) is 0 Å². The molecule has 0 radical (unpaired) electrons. The molecule has 1 aliphatic carbocycles. The van der Waals surface area contributed by atoms with Gasteiger partial charge in [0.25, 0.3) is 0 Å². The Morgan fingerprint density at radius 3 is 2.88 bits per heavy atom. The molecule has 2 rings (SSSR count). The summed E-state index contributed by atoms with van der Waals surface area (Å²) in [7, 11) is 0. The van der Waals surface area contributed by atoms with Gasteiger partial charge in [0.2, 0.25) is 0 Å². The molecule has 0 aromatic carbocycles. The smallest absolute Gasteiger partial charge is 0.338 e. The molecule has 90 valence electrons. The van der Waals surface area contributed by atoms with Crippen molar-refractivity contribution in [1.29, 1.82) is 0 Å². The van der Waals surface area contributed by atoms with Crippen molar-refractivity contribution in [3.63, 3.8) is 0 Å². The molecule has 0 aromatic rings. The molecule has 3 heteroatoms. The quantitative estimate of drug-likeness (QED) is 0.411. The monoisotopic (exact) mass is 224 g/mol. The van der Waals surface area contributed by atoms with E-state index in [1.54, 1.807) is 0 Å². The molecule has 1 saturated heterocycles. The van der Waals surface area contributed by atoms with Gasteiger partial charge >= 0.3 is 5.97 Å². The Labute approximate surface area is 96.8 Å². The van der Waals surface area contributed by atoms with Crippen LogP contribution in [-0.2, 0) is 14.3 Å². The first kappa shape index (κ1) is 11.6. The van der Waals surface area contributed by atoms with Gasteiger partial charge in [-0.15, -0.1) is 0 Å². The van der Waals surface area contributed by atoms with Crippen molar-refractivity contribution in [1.82, 2.24) is 0 Å². The fourth-order valence-electron chi connectivity index (χ4n) is 2.98. The maximum Gasteiger partial charge on any atom is 0.338 e. The molecule has 3 nitrogen and oxygen atoms in total. The summed E-state index contributed by atoms with van der Waals surface area (Å²) in [6.07, 6.45) is 3.72. The molecule has 0 saturated carbocycles. The summed E-state index contributed by atoms with van der Waals surface area (Å²) in [4.78, 5) is 11.6. The lowest BCUT2D eigenvalue weighted by molar-refractivity contribution is -0.144. The van der Waals surface area contributed by atoms with Crippen LogP contribution in [0.25, 0.3) is 0 Å². The van der Waals surface area contributed by atoms with E-state index >= 15 is 0 Å². The molecular weight excluding hydrogens is 204 g/mol. The minimum absolute atomic E-state index is 0.208. The van der Waals surface area contributed by atoms with Gasteiger partial charge in [-0.1, -0.05) is 25.5 Å². The summed E-state index contributed by atoms with van der Waals surface area (Å²) in [5, 5.41) is 0. The van der Waals surface area contributed by atoms with Crippen LogP contribution in [0.1, 0.15) is 40.5 Å². The maximum absolute atomic E-state index is 11.6. The number of carbonyl (C=O) groups excluding carboxylic acids is 1. The molecule has 0 bridgehead atoms. The Morgan fingerprint density at radius 2 is 2.31 bits per heavy atom. The first-order valence-electron chi connectivity index (χ1n) is 5.91. The SMILES string of the molecule is CCOC(=O)C1OC12C=C(C)CC(C)(C)C2. The fourth-order valence-corrected chi connectivity index (χ4v) is 2.98. The van der Waals surface area contributed by atoms with Crippen LogP contribution in [0.2, 0.25) is 0 Å². The Kier molecular flexibility index (Phi) is 2.61. The Balaban J connectivity index is 2.12. The van der Waals surface area contributed by atoms with E-state index in [0.29, 0.717) is 6.61 Å². The summed E-state index contributed by atoms with van der Waals surface area (Å²) in [6.45, 7) is 8.77. The van der Waals surface area contributed by atoms with Gasteiger partial charge in [-0.2, -0.15) is 0 Å². The number of rotatable bonds is 2. The predicted molar refractivity (Wildman–Crippen MR) is 61.0 cm³/mol. The molecule has 16 heavy (non-hydrogen) atoms. The van der Waals surface area contributed by atoms with E-state index in [0.717, 1.165) is 12.8 Å². The first-order valence-corrected chi connectivity index (χ1v) is 5.91. The second kappa shape index (κ2) is 3.59. The molecule has 1 aliphatic heterocycles. The van der Waals surface area contributed by atoms with E-state index in [2.05, 4.69) is 26.8 Å². The number of esters is 1. The molecular formula is C13H20O3. The molecule has 0 N–H and O–H groups in total. The highest BCUT2D eigenvalue weighted by atomic mass is 16.7. The summed E-state index contributed by atoms with van der Waals surface area (Å²) >= 11 is 0. The molecule has 1 heterocycles. The largest absolute Gasteiger partial charge is 0.464 e. The number of allylic oxidation sites excluding steroid dienone is 1. The lowest BCUT2D eigenvalue weighted by atomic mass is 9.72. The van der Waals surface area contributed by atoms with Gasteiger partial charge < -0.3 is 9.47 Å². The highest BCUT2D eigenvalue weighted by molar-refractivity contribution is 5.80. The second-order valence-corrected chi connectivity index (χ2v) is 5.71. The molecule has 1 fully saturated rings. The van der Waals surface area contributed by atoms with Gasteiger partial charge in [-0.3, -0.25) is 0 Å². The van der Waals surface area contributed by atoms with Crippen molar-refractivity contribution >= 4 is 5.97 Å². The number of ether oxygens (including phenoxy) is 2. The number of carbonyl (C=O) groups is 1. The minimum atomic E-state index is -0.373. The van der Waals surface area contributed by atoms with E-state index < -0.39 is 0 Å². The Hall–Kier alpha value is -0.830. The van der Waals surface area contributed by atoms with Gasteiger partial charge in [-0.05, 0) is 32.1 Å². The molecule has 1 spiro atoms. The summed E-state index contributed by atoms with van der Waals surface area (Å²) in [6, 6.07) is 0. The van der Waals surface area contributed by atoms with Crippen LogP contribution in [0, 0.1) is 5.41 Å². The van der Waals surface area contributed by atoms with E-state index in [-0.39, 0.29) is 23.1 Å². The van der Waals surface area contributed by atoms with Gasteiger partial charge in [0, 0.05) is 0 Å². The maximum atomic E-state index is 11.6. The molecule has 0 amide bonds. The molecule has 0 aromatic heterocycles. The lowest BCUT2D eigenvalue weighted by Crippen LogP contribution is -2.31. The van der Waals surface area contributed by atoms with E-state index in [4.69, 9.17) is 9.47 Å². The third-order valence-corrected chi connectivity index (χ3v) is 3.23. The second-order valence-electron chi connectivity index (χ2n) is 5.71. The lowest BCUT2D eigenvalue weighted by Gasteiger charge is -2.32. The van der Waals surface area contributed by atoms with Crippen LogP contribution in [0.5, 0.6) is 0 Å². The standard InChI is InChI=1S/C13H20O3/c1-5-15-11(14)10-13(16-10)7-9(2)6-12(3,4)8-13/h7,10H,5-6,8H2,1-4H3. The van der Waals surface area contributed by atoms with Gasteiger partial charge in [0.15, 0.2) is 6.10 Å². The molecule has 2 unspecified atom stereocenters. The van der Waals surface area contributed by atoms with Crippen LogP contribution < -0.4 is 0 Å². The van der Waals surface area contributed by atoms with Crippen LogP contribution >= 0.6 is 0 Å². The summed E-state index contributed by atoms with van der Waals surface area (Å²) in [5.41, 5.74) is 1.15. The van der Waals surface area contributed by atoms with Crippen molar-refractivity contribution in [3.05, 3.63) is 11.6 Å². The number of epoxide rings is 1. The van der Waals surface area contributed by atoms with Crippen molar-refractivity contribution in [2.75, 3.05) is 6.61 Å². The molecule has 2 atom stereocenters. The third-order valence-electron chi connectivity index (χ3n) is 3.23. The fraction of sp³-hybridized carbons (Fsp3) is 0.769. The van der Waals surface area contributed by atoms with Gasteiger partial charge in [0.05, 0.1) is 6.61 Å². The highest BCUT2D eigenvalue weighted by Gasteiger charge is 2.62. The van der Waals surface area contributed by atoms with Crippen molar-refractivity contribution in [3.8, 4) is 0 Å². The average molecular weight is 224 g/mol. The van der Waals surface area contributed by atoms with Gasteiger partial charge in [0.1, 0.15) is 5.60 Å². The summed E-state index contributed by atoms with van der Waals surface area (Å²) < 4.78 is 10.6. The number of hydrogen-bond acceptors (Lipinski definition) is 3. The average Bonchev–Trinajstić information content (AvgIpc) is 2.74. The van der Waals surface area contributed by atoms with Gasteiger partial charge in [-0.25, -0.2) is 4.79 Å². The zero-order valence-corrected chi connectivity index (χ0v) is 10.5. The van der Waals surface area contributed by atoms with Crippen LogP contribution in [0.15, 0.2) is 11.6 Å². The topological polar surface area (TPSA) is 38.8 Å². The van der Waals surface area contributed by atoms with E-state index in [1.807, 2.05) is 6.92 Å². The van der Waals surface area contributed by atoms with Crippen molar-refractivity contribution in [2.24, 2.45) is 5.41 Å². The van der Waals surface area contributed by atoms with E-state index in [9.17, 15) is 4.79 Å². The van der Waals surface area contributed by atoms with Crippen molar-refractivity contribution in [2.45, 2.75) is 52.2 Å². The number of hydrogen-bond donors (Lipinski definition) is 0. The third kappa shape index (κ3) is 2.01. The highest BCUT2D eigenvalue weighted by Crippen LogP contribution is 2.52. The summed E-state index contributed by atoms with van der Waals surface area (Å²) in [5.74, 6) is -0.218. The molecule has 2 aliphatic rings. The van der Waals surface area contributed by atoms with Crippen molar-refractivity contribution < 1.29 is 14.3 Å². The normalized spacial score (nSPS) is 35.8. The van der Waals surface area contributed by atoms with E-state index in [1.165, 1.54) is 5.57 Å².